The van der Waals surface area contributed by atoms with Crippen molar-refractivity contribution in [1.29, 1.82) is 0 Å². The molecule has 12 aromatic rings. The third-order valence-electron chi connectivity index (χ3n) is 22.7. The Morgan fingerprint density at radius 2 is 0.576 bits per heavy atom. The van der Waals surface area contributed by atoms with E-state index >= 15 is 4.39 Å². The fourth-order valence-electron chi connectivity index (χ4n) is 16.4. The fourth-order valence-corrected chi connectivity index (χ4v) is 16.6. The van der Waals surface area contributed by atoms with Crippen LogP contribution in [-0.2, 0) is 6.42 Å². The number of phenolic OH excluding ortho intramolecular Hbond substituents is 12. The van der Waals surface area contributed by atoms with Crippen LogP contribution in [0.4, 0.5) is 22.0 Å². The van der Waals surface area contributed by atoms with Crippen LogP contribution in [-0.4, -0.2) is 145 Å². The monoisotopic (exact) mass is 1740 g/mol. The topological polar surface area (TPSA) is 354 Å². The molecular formula is C95H88ClF5O24. The summed E-state index contributed by atoms with van der Waals surface area (Å²) in [5.74, 6) is -6.24. The third-order valence-corrected chi connectivity index (χ3v) is 23.0. The Bertz CT molecular complexity index is 5770. The van der Waals surface area contributed by atoms with Gasteiger partial charge in [0.15, 0.2) is 92.3 Å². The molecule has 12 aromatic carbocycles. The van der Waals surface area contributed by atoms with Crippen molar-refractivity contribution in [3.63, 3.8) is 0 Å². The quantitative estimate of drug-likeness (QED) is 0.0377. The zero-order valence-electron chi connectivity index (χ0n) is 68.9. The first-order valence-electron chi connectivity index (χ1n) is 38.9. The van der Waals surface area contributed by atoms with Crippen LogP contribution in [0, 0.1) is 36.0 Å². The number of halogens is 6. The molecule has 4 heterocycles. The summed E-state index contributed by atoms with van der Waals surface area (Å²) >= 11 is 6.17. The van der Waals surface area contributed by atoms with Crippen LogP contribution in [0.25, 0.3) is 0 Å². The Kier molecular flexibility index (Phi) is 26.4. The zero-order chi connectivity index (χ0) is 89.8. The summed E-state index contributed by atoms with van der Waals surface area (Å²) in [6.45, 7) is 4.45. The minimum atomic E-state index is -0.843. The molecule has 4 aliphatic heterocycles. The molecular weight excluding hydrogens is 1660 g/mol. The summed E-state index contributed by atoms with van der Waals surface area (Å²) in [5, 5.41) is 120. The minimum absolute atomic E-state index is 0.0696. The largest absolute Gasteiger partial charge is 0.508 e. The van der Waals surface area contributed by atoms with Gasteiger partial charge in [-0.05, 0) is 184 Å². The molecule has 30 heteroatoms. The Labute approximate surface area is 718 Å². The van der Waals surface area contributed by atoms with Crippen molar-refractivity contribution in [2.45, 2.75) is 67.6 Å². The molecule has 0 amide bonds. The lowest BCUT2D eigenvalue weighted by molar-refractivity contribution is 0.241. The second-order valence-corrected chi connectivity index (χ2v) is 30.2. The second kappa shape index (κ2) is 37.2. The van der Waals surface area contributed by atoms with Crippen molar-refractivity contribution in [2.75, 3.05) is 83.3 Å². The van der Waals surface area contributed by atoms with Crippen LogP contribution in [0.5, 0.6) is 138 Å². The predicted molar refractivity (Wildman–Crippen MR) is 449 cm³/mol. The standard InChI is InChI=1S/C25H25FO6.C24H23FO6.C23H20ClFO6.C23H20F2O6/c1-4-13-7-16-21(11-20(13)28)32-12-17(24(16)14-5-6-19(27)18(26)8-14)15-9-22(30-2)25(29)23(10-15)31-3;1-12-6-15-20(10-19(12)27)31-11-16(23(15)13-4-5-18(26)17(25)7-13)14-8-21(29-2)24(28)22(9-14)30-3;1-29-20-6-12(7-21(30-2)23(20)28)14-10-31-19-9-18(27)15(24)8-13(19)22(14)11-3-4-17(26)16(25)5-11;1-29-19-6-12(7-20(30-2)23(19)28)14-10-31-18-9-13(26)8-16(25)22(18)21(14)11-3-4-17(27)15(24)5-11/h5-11,17,24,27-29H,4,12H2,1-3H3;4-10,16,23,26-28H,11H2,1-3H3;3-9,14,22,26-28H,10H2,1-2H3;3-9,14,21,26-28H,10H2,1-2H3. The molecule has 0 saturated heterocycles. The van der Waals surface area contributed by atoms with Gasteiger partial charge in [0, 0.05) is 99.9 Å². The lowest BCUT2D eigenvalue weighted by Gasteiger charge is -2.35. The van der Waals surface area contributed by atoms with E-state index in [1.54, 1.807) is 91.9 Å². The van der Waals surface area contributed by atoms with E-state index in [1.165, 1.54) is 118 Å². The minimum Gasteiger partial charge on any atom is -0.508 e. The van der Waals surface area contributed by atoms with E-state index in [9.17, 15) is 78.8 Å². The molecule has 4 aliphatic rings. The van der Waals surface area contributed by atoms with Crippen LogP contribution < -0.4 is 56.8 Å². The summed E-state index contributed by atoms with van der Waals surface area (Å²) in [4.78, 5) is 0. The molecule has 0 fully saturated rings. The Morgan fingerprint density at radius 3 is 0.888 bits per heavy atom. The highest BCUT2D eigenvalue weighted by Crippen LogP contribution is 2.57. The molecule has 24 nitrogen and oxygen atoms in total. The van der Waals surface area contributed by atoms with Crippen molar-refractivity contribution >= 4 is 11.6 Å². The van der Waals surface area contributed by atoms with Gasteiger partial charge in [-0.3, -0.25) is 0 Å². The molecule has 0 aromatic heterocycles. The number of hydrogen-bond donors (Lipinski definition) is 12. The number of hydrogen-bond acceptors (Lipinski definition) is 24. The second-order valence-electron chi connectivity index (χ2n) is 29.7. The molecule has 16 rings (SSSR count). The van der Waals surface area contributed by atoms with Gasteiger partial charge in [0.05, 0.1) is 88.3 Å². The average molecular weight is 1740 g/mol. The van der Waals surface area contributed by atoms with Gasteiger partial charge in [0.1, 0.15) is 51.8 Å². The summed E-state index contributed by atoms with van der Waals surface area (Å²) < 4.78 is 138. The summed E-state index contributed by atoms with van der Waals surface area (Å²) in [6.07, 6.45) is 0.612. The zero-order valence-corrected chi connectivity index (χ0v) is 69.6. The van der Waals surface area contributed by atoms with Crippen LogP contribution in [0.1, 0.15) is 132 Å². The van der Waals surface area contributed by atoms with Gasteiger partial charge in [-0.15, -0.1) is 0 Å². The van der Waals surface area contributed by atoms with Gasteiger partial charge in [-0.25, -0.2) is 22.0 Å². The number of methoxy groups -OCH3 is 8. The highest BCUT2D eigenvalue weighted by Gasteiger charge is 2.42. The maximum atomic E-state index is 15.0. The third kappa shape index (κ3) is 17.8. The normalized spacial score (nSPS) is 17.5. The average Bonchev–Trinajstić information content (AvgIpc) is 0.780. The van der Waals surface area contributed by atoms with Crippen LogP contribution in [0.3, 0.4) is 0 Å². The van der Waals surface area contributed by atoms with E-state index in [0.29, 0.717) is 62.6 Å². The molecule has 125 heavy (non-hydrogen) atoms. The maximum absolute atomic E-state index is 15.0. The maximum Gasteiger partial charge on any atom is 0.200 e. The van der Waals surface area contributed by atoms with E-state index in [0.717, 1.165) is 45.5 Å². The smallest absolute Gasteiger partial charge is 0.200 e. The SMILES string of the molecule is CCc1cc2c(cc1O)OCC(c1cc(OC)c(O)c(OC)c1)C2c1ccc(O)c(F)c1.COc1cc(C2COc3cc(O)c(C)cc3C2c2ccc(O)c(F)c2)cc(OC)c1O.COc1cc(C2COc3cc(O)c(Cl)cc3C2c2ccc(O)c(F)c2)cc(OC)c1O.COc1cc(C2COc3cc(O)cc(F)c3C2c2ccc(O)c(F)c2)cc(OC)c1O. The molecule has 8 unspecified atom stereocenters. The Morgan fingerprint density at radius 1 is 0.296 bits per heavy atom. The lowest BCUT2D eigenvalue weighted by atomic mass is 9.75. The molecule has 0 saturated carbocycles. The van der Waals surface area contributed by atoms with E-state index < -0.39 is 69.8 Å². The molecule has 0 aliphatic carbocycles. The van der Waals surface area contributed by atoms with Crippen LogP contribution >= 0.6 is 11.6 Å². The van der Waals surface area contributed by atoms with E-state index in [1.807, 2.05) is 19.1 Å². The number of aromatic hydroxyl groups is 12. The molecule has 0 spiro atoms. The first kappa shape index (κ1) is 88.6. The van der Waals surface area contributed by atoms with E-state index in [4.69, 9.17) is 68.4 Å². The number of phenols is 12. The van der Waals surface area contributed by atoms with Crippen molar-refractivity contribution in [1.82, 2.24) is 0 Å². The van der Waals surface area contributed by atoms with Crippen LogP contribution in [0.15, 0.2) is 170 Å². The van der Waals surface area contributed by atoms with Crippen molar-refractivity contribution in [3.05, 3.63) is 282 Å². The van der Waals surface area contributed by atoms with E-state index in [2.05, 4.69) is 0 Å². The Balaban J connectivity index is 0.000000143. The van der Waals surface area contributed by atoms with Crippen molar-refractivity contribution < 1.29 is 140 Å². The van der Waals surface area contributed by atoms with Gasteiger partial charge in [-0.2, -0.15) is 0 Å². The number of benzene rings is 12. The predicted octanol–water partition coefficient (Wildman–Crippen LogP) is 18.7. The highest BCUT2D eigenvalue weighted by molar-refractivity contribution is 6.32. The first-order chi connectivity index (χ1) is 59.9. The Hall–Kier alpha value is -14.2. The van der Waals surface area contributed by atoms with Crippen molar-refractivity contribution in [3.8, 4) is 138 Å². The van der Waals surface area contributed by atoms with Gasteiger partial charge in [-0.1, -0.05) is 42.8 Å². The molecule has 0 bridgehead atoms. The van der Waals surface area contributed by atoms with E-state index in [-0.39, 0.29) is 164 Å². The number of fused-ring (bicyclic) bond motifs is 4. The number of rotatable bonds is 17. The summed E-state index contributed by atoms with van der Waals surface area (Å²) in [5.41, 5.74) is 8.91. The fraction of sp³-hybridized carbons (Fsp3) is 0.242. The van der Waals surface area contributed by atoms with Gasteiger partial charge >= 0.3 is 0 Å². The number of ether oxygens (including phenoxy) is 12. The number of aryl methyl sites for hydroxylation is 2. The van der Waals surface area contributed by atoms with Gasteiger partial charge in [0.2, 0.25) is 23.0 Å². The first-order valence-corrected chi connectivity index (χ1v) is 39.2. The molecule has 8 atom stereocenters. The van der Waals surface area contributed by atoms with Gasteiger partial charge in [0.25, 0.3) is 0 Å². The van der Waals surface area contributed by atoms with Crippen molar-refractivity contribution in [2.24, 2.45) is 0 Å². The summed E-state index contributed by atoms with van der Waals surface area (Å²) in [7, 11) is 11.4. The lowest BCUT2D eigenvalue weighted by Crippen LogP contribution is -2.26. The highest BCUT2D eigenvalue weighted by atomic mass is 35.5. The summed E-state index contributed by atoms with van der Waals surface area (Å²) in [6, 6.07) is 42.1. The molecule has 0 radical (unpaired) electrons. The molecule has 12 N–H and O–H groups in total. The van der Waals surface area contributed by atoms with Crippen LogP contribution in [0.2, 0.25) is 5.02 Å². The molecule has 654 valence electrons. The van der Waals surface area contributed by atoms with Gasteiger partial charge < -0.3 is 118 Å².